The van der Waals surface area contributed by atoms with Crippen LogP contribution in [-0.4, -0.2) is 55.4 Å². The number of H-pyrrole nitrogens is 1. The summed E-state index contributed by atoms with van der Waals surface area (Å²) in [6.07, 6.45) is 1.39. The number of hydrogen-bond donors (Lipinski definition) is 2. The number of ether oxygens (including phenoxy) is 2. The van der Waals surface area contributed by atoms with Crippen molar-refractivity contribution in [3.63, 3.8) is 0 Å². The van der Waals surface area contributed by atoms with Crippen LogP contribution in [0.1, 0.15) is 24.6 Å². The summed E-state index contributed by atoms with van der Waals surface area (Å²) in [5, 5.41) is 2.72. The van der Waals surface area contributed by atoms with E-state index >= 15 is 0 Å². The minimum atomic E-state index is -3.64. The molecule has 2 N–H and O–H groups in total. The number of carbonyl (C=O) groups is 1. The molecule has 1 aromatic heterocycles. The summed E-state index contributed by atoms with van der Waals surface area (Å²) in [4.78, 5) is 20.5. The SMILES string of the molecule is COc1ccccc1OCC(=O)Nc1ccc(S(=O)(=O)N2CCC(c3nc4ccccc4[nH]3)CC2)cc1. The minimum Gasteiger partial charge on any atom is -0.493 e. The minimum absolute atomic E-state index is 0.189. The van der Waals surface area contributed by atoms with E-state index in [9.17, 15) is 13.2 Å². The van der Waals surface area contributed by atoms with Crippen LogP contribution in [0, 0.1) is 0 Å². The molecule has 5 rings (SSSR count). The largest absolute Gasteiger partial charge is 0.493 e. The molecule has 0 aliphatic carbocycles. The number of nitrogens with zero attached hydrogens (tertiary/aromatic N) is 2. The van der Waals surface area contributed by atoms with Gasteiger partial charge in [0.2, 0.25) is 10.0 Å². The quantitative estimate of drug-likeness (QED) is 0.361. The molecule has 0 unspecified atom stereocenters. The molecule has 37 heavy (non-hydrogen) atoms. The van der Waals surface area contributed by atoms with Gasteiger partial charge in [0.1, 0.15) is 5.82 Å². The fourth-order valence-corrected chi connectivity index (χ4v) is 5.94. The van der Waals surface area contributed by atoms with Gasteiger partial charge in [-0.2, -0.15) is 4.31 Å². The van der Waals surface area contributed by atoms with Crippen molar-refractivity contribution in [2.45, 2.75) is 23.7 Å². The van der Waals surface area contributed by atoms with Crippen molar-refractivity contribution in [3.8, 4) is 11.5 Å². The first-order chi connectivity index (χ1) is 17.9. The highest BCUT2D eigenvalue weighted by Gasteiger charge is 2.31. The second-order valence-corrected chi connectivity index (χ2v) is 10.8. The topological polar surface area (TPSA) is 114 Å². The molecule has 1 fully saturated rings. The van der Waals surface area contributed by atoms with Gasteiger partial charge in [0.15, 0.2) is 18.1 Å². The Bertz CT molecular complexity index is 1460. The number of aromatic amines is 1. The third kappa shape index (κ3) is 5.45. The van der Waals surface area contributed by atoms with E-state index in [0.29, 0.717) is 43.1 Å². The standard InChI is InChI=1S/C27H28N4O5S/c1-35-24-8-4-5-9-25(24)36-18-26(32)28-20-10-12-21(13-11-20)37(33,34)31-16-14-19(15-17-31)27-29-22-6-2-3-7-23(22)30-27/h2-13,19H,14-18H2,1H3,(H,28,32)(H,29,30). The summed E-state index contributed by atoms with van der Waals surface area (Å²) >= 11 is 0. The lowest BCUT2D eigenvalue weighted by Gasteiger charge is -2.30. The number of rotatable bonds is 8. The predicted octanol–water partition coefficient (Wildman–Crippen LogP) is 4.16. The number of carbonyl (C=O) groups excluding carboxylic acids is 1. The number of amides is 1. The number of para-hydroxylation sites is 4. The van der Waals surface area contributed by atoms with Gasteiger partial charge in [-0.15, -0.1) is 0 Å². The number of nitrogens with one attached hydrogen (secondary N) is 2. The van der Waals surface area contributed by atoms with E-state index < -0.39 is 10.0 Å². The molecule has 0 radical (unpaired) electrons. The van der Waals surface area contributed by atoms with Crippen LogP contribution in [0.5, 0.6) is 11.5 Å². The van der Waals surface area contributed by atoms with E-state index in [1.54, 1.807) is 30.3 Å². The lowest BCUT2D eigenvalue weighted by Crippen LogP contribution is -2.38. The van der Waals surface area contributed by atoms with Crippen molar-refractivity contribution < 1.29 is 22.7 Å². The summed E-state index contributed by atoms with van der Waals surface area (Å²) < 4.78 is 38.7. The summed E-state index contributed by atoms with van der Waals surface area (Å²) in [5.41, 5.74) is 2.40. The Morgan fingerprint density at radius 2 is 1.68 bits per heavy atom. The zero-order valence-electron chi connectivity index (χ0n) is 20.4. The molecule has 0 spiro atoms. The van der Waals surface area contributed by atoms with E-state index in [1.807, 2.05) is 30.3 Å². The van der Waals surface area contributed by atoms with Crippen molar-refractivity contribution in [1.82, 2.24) is 14.3 Å². The molecule has 192 valence electrons. The molecule has 4 aromatic rings. The van der Waals surface area contributed by atoms with E-state index in [1.165, 1.54) is 23.5 Å². The Kier molecular flexibility index (Phi) is 7.11. The molecule has 3 aromatic carbocycles. The van der Waals surface area contributed by atoms with Crippen LogP contribution in [0.3, 0.4) is 0 Å². The number of anilines is 1. The predicted molar refractivity (Wildman–Crippen MR) is 140 cm³/mol. The van der Waals surface area contributed by atoms with E-state index in [0.717, 1.165) is 16.9 Å². The Morgan fingerprint density at radius 3 is 2.38 bits per heavy atom. The first kappa shape index (κ1) is 24.8. The Balaban J connectivity index is 1.16. The van der Waals surface area contributed by atoms with Crippen LogP contribution in [0.4, 0.5) is 5.69 Å². The zero-order chi connectivity index (χ0) is 25.8. The van der Waals surface area contributed by atoms with Gasteiger partial charge in [-0.1, -0.05) is 24.3 Å². The highest BCUT2D eigenvalue weighted by Crippen LogP contribution is 2.31. The smallest absolute Gasteiger partial charge is 0.262 e. The maximum absolute atomic E-state index is 13.2. The van der Waals surface area contributed by atoms with E-state index in [-0.39, 0.29) is 23.3 Å². The van der Waals surface area contributed by atoms with Gasteiger partial charge in [-0.05, 0) is 61.4 Å². The monoisotopic (exact) mass is 520 g/mol. The Morgan fingerprint density at radius 1 is 1.00 bits per heavy atom. The second-order valence-electron chi connectivity index (χ2n) is 8.83. The van der Waals surface area contributed by atoms with Crippen LogP contribution in [0.15, 0.2) is 77.7 Å². The Hall–Kier alpha value is -3.89. The van der Waals surface area contributed by atoms with Crippen LogP contribution in [0.2, 0.25) is 0 Å². The lowest BCUT2D eigenvalue weighted by molar-refractivity contribution is -0.118. The maximum atomic E-state index is 13.2. The van der Waals surface area contributed by atoms with E-state index in [4.69, 9.17) is 9.47 Å². The fraction of sp³-hybridized carbons (Fsp3) is 0.259. The molecule has 1 aliphatic heterocycles. The zero-order valence-corrected chi connectivity index (χ0v) is 21.2. The maximum Gasteiger partial charge on any atom is 0.262 e. The third-order valence-corrected chi connectivity index (χ3v) is 8.36. The normalized spacial score (nSPS) is 14.9. The number of sulfonamides is 1. The molecule has 0 atom stereocenters. The highest BCUT2D eigenvalue weighted by atomic mass is 32.2. The van der Waals surface area contributed by atoms with Crippen molar-refractivity contribution in [2.75, 3.05) is 32.1 Å². The number of aromatic nitrogens is 2. The molecule has 0 bridgehead atoms. The number of fused-ring (bicyclic) bond motifs is 1. The number of imidazole rings is 1. The first-order valence-corrected chi connectivity index (χ1v) is 13.5. The average Bonchev–Trinajstić information content (AvgIpc) is 3.37. The van der Waals surface area contributed by atoms with Crippen molar-refractivity contribution in [1.29, 1.82) is 0 Å². The summed E-state index contributed by atoms with van der Waals surface area (Å²) in [7, 11) is -2.11. The van der Waals surface area contributed by atoms with Gasteiger partial charge < -0.3 is 19.8 Å². The van der Waals surface area contributed by atoms with Gasteiger partial charge in [0.25, 0.3) is 5.91 Å². The van der Waals surface area contributed by atoms with Crippen LogP contribution < -0.4 is 14.8 Å². The van der Waals surface area contributed by atoms with Gasteiger partial charge in [-0.3, -0.25) is 4.79 Å². The molecule has 9 nitrogen and oxygen atoms in total. The number of hydrogen-bond acceptors (Lipinski definition) is 6. The highest BCUT2D eigenvalue weighted by molar-refractivity contribution is 7.89. The van der Waals surface area contributed by atoms with Gasteiger partial charge >= 0.3 is 0 Å². The van der Waals surface area contributed by atoms with Crippen molar-refractivity contribution in [2.24, 2.45) is 0 Å². The lowest BCUT2D eigenvalue weighted by atomic mass is 9.97. The Labute approximate surface area is 215 Å². The van der Waals surface area contributed by atoms with Crippen LogP contribution in [-0.2, 0) is 14.8 Å². The van der Waals surface area contributed by atoms with Crippen molar-refractivity contribution in [3.05, 3.63) is 78.6 Å². The molecule has 2 heterocycles. The van der Waals surface area contributed by atoms with E-state index in [2.05, 4.69) is 15.3 Å². The fourth-order valence-electron chi connectivity index (χ4n) is 4.47. The third-order valence-electron chi connectivity index (χ3n) is 6.45. The summed E-state index contributed by atoms with van der Waals surface area (Å²) in [6.45, 7) is 0.631. The van der Waals surface area contributed by atoms with Gasteiger partial charge in [0.05, 0.1) is 23.0 Å². The molecule has 0 saturated carbocycles. The number of piperidine rings is 1. The molecular weight excluding hydrogens is 492 g/mol. The molecule has 1 aliphatic rings. The van der Waals surface area contributed by atoms with Crippen LogP contribution >= 0.6 is 0 Å². The molecule has 1 saturated heterocycles. The van der Waals surface area contributed by atoms with Gasteiger partial charge in [0, 0.05) is 24.7 Å². The molecular formula is C27H28N4O5S. The molecule has 10 heteroatoms. The number of methoxy groups -OCH3 is 1. The second kappa shape index (κ2) is 10.6. The van der Waals surface area contributed by atoms with Crippen molar-refractivity contribution >= 4 is 32.7 Å². The molecule has 1 amide bonds. The summed E-state index contributed by atoms with van der Waals surface area (Å²) in [6, 6.07) is 21.1. The number of benzene rings is 3. The first-order valence-electron chi connectivity index (χ1n) is 12.0. The van der Waals surface area contributed by atoms with Gasteiger partial charge in [-0.25, -0.2) is 13.4 Å². The average molecular weight is 521 g/mol. The summed E-state index contributed by atoms with van der Waals surface area (Å²) in [5.74, 6) is 1.73. The van der Waals surface area contributed by atoms with Crippen LogP contribution in [0.25, 0.3) is 11.0 Å².